The van der Waals surface area contributed by atoms with E-state index in [1.54, 1.807) is 6.07 Å². The third-order valence-electron chi connectivity index (χ3n) is 8.93. The quantitative estimate of drug-likeness (QED) is 0.535. The largest absolute Gasteiger partial charge is 0.368 e. The minimum absolute atomic E-state index is 0.0495. The number of carbonyl (C=O) groups is 2. The van der Waals surface area contributed by atoms with Crippen LogP contribution in [-0.2, 0) is 16.6 Å². The van der Waals surface area contributed by atoms with Crippen molar-refractivity contribution in [2.45, 2.75) is 58.3 Å². The maximum atomic E-state index is 13.9. The second kappa shape index (κ2) is 8.76. The van der Waals surface area contributed by atoms with E-state index >= 15 is 0 Å². The van der Waals surface area contributed by atoms with Crippen LogP contribution in [0.1, 0.15) is 84.8 Å². The van der Waals surface area contributed by atoms with Gasteiger partial charge in [-0.25, -0.2) is 0 Å². The fraction of sp³-hybridized carbons (Fsp3) is 0.452. The molecule has 1 N–H and O–H groups in total. The van der Waals surface area contributed by atoms with E-state index in [0.29, 0.717) is 11.5 Å². The molecular formula is C31H34N4O2. The molecule has 1 saturated heterocycles. The highest BCUT2D eigenvalue weighted by molar-refractivity contribution is 6.20. The van der Waals surface area contributed by atoms with Gasteiger partial charge in [-0.3, -0.25) is 9.59 Å². The normalized spacial score (nSPS) is 19.1. The van der Waals surface area contributed by atoms with Gasteiger partial charge in [0.25, 0.3) is 0 Å². The first-order valence-corrected chi connectivity index (χ1v) is 13.7. The molecule has 0 atom stereocenters. The Hall–Kier alpha value is -3.59. The van der Waals surface area contributed by atoms with Gasteiger partial charge in [-0.05, 0) is 54.7 Å². The van der Waals surface area contributed by atoms with Crippen LogP contribution < -0.4 is 4.90 Å². The van der Waals surface area contributed by atoms with Gasteiger partial charge in [0.1, 0.15) is 0 Å². The van der Waals surface area contributed by atoms with E-state index in [9.17, 15) is 14.9 Å². The summed E-state index contributed by atoms with van der Waals surface area (Å²) in [6, 6.07) is 12.0. The molecule has 6 heteroatoms. The molecule has 6 nitrogen and oxygen atoms in total. The van der Waals surface area contributed by atoms with E-state index in [2.05, 4.69) is 53.8 Å². The van der Waals surface area contributed by atoms with Crippen LogP contribution >= 0.6 is 0 Å². The molecule has 0 radical (unpaired) electrons. The lowest BCUT2D eigenvalue weighted by Gasteiger charge is -2.39. The lowest BCUT2D eigenvalue weighted by Crippen LogP contribution is -2.50. The first kappa shape index (κ1) is 23.8. The minimum atomic E-state index is -0.397. The molecule has 2 heterocycles. The average molecular weight is 495 g/mol. The number of amides is 1. The Morgan fingerprint density at radius 1 is 1.11 bits per heavy atom. The van der Waals surface area contributed by atoms with Crippen molar-refractivity contribution in [3.05, 3.63) is 63.8 Å². The molecule has 37 heavy (non-hydrogen) atoms. The number of aromatic nitrogens is 1. The molecule has 190 valence electrons. The molecule has 2 aromatic carbocycles. The van der Waals surface area contributed by atoms with Crippen LogP contribution in [0.25, 0.3) is 10.9 Å². The molecule has 2 aliphatic carbocycles. The number of H-pyrrole nitrogens is 1. The van der Waals surface area contributed by atoms with E-state index in [1.807, 2.05) is 12.1 Å². The van der Waals surface area contributed by atoms with Crippen molar-refractivity contribution in [1.29, 1.82) is 5.26 Å². The van der Waals surface area contributed by atoms with Gasteiger partial charge in [0, 0.05) is 65.4 Å². The van der Waals surface area contributed by atoms with Gasteiger partial charge in [0.2, 0.25) is 5.91 Å². The number of fused-ring (bicyclic) bond motifs is 4. The Labute approximate surface area is 218 Å². The summed E-state index contributed by atoms with van der Waals surface area (Å²) in [6.45, 7) is 9.62. The van der Waals surface area contributed by atoms with Gasteiger partial charge in [-0.1, -0.05) is 39.7 Å². The van der Waals surface area contributed by atoms with Crippen LogP contribution in [0.2, 0.25) is 0 Å². The number of piperazine rings is 1. The number of hydrogen-bond donors (Lipinski definition) is 1. The Morgan fingerprint density at radius 2 is 1.84 bits per heavy atom. The fourth-order valence-corrected chi connectivity index (χ4v) is 6.76. The van der Waals surface area contributed by atoms with Crippen molar-refractivity contribution in [1.82, 2.24) is 9.88 Å². The summed E-state index contributed by atoms with van der Waals surface area (Å²) >= 11 is 0. The number of nitrogens with zero attached hydrogens (tertiary/aromatic N) is 3. The van der Waals surface area contributed by atoms with Gasteiger partial charge in [-0.15, -0.1) is 0 Å². The monoisotopic (exact) mass is 494 g/mol. The summed E-state index contributed by atoms with van der Waals surface area (Å²) in [5, 5.41) is 10.2. The van der Waals surface area contributed by atoms with Gasteiger partial charge in [0.05, 0.1) is 17.2 Å². The number of nitriles is 1. The van der Waals surface area contributed by atoms with Crippen molar-refractivity contribution < 1.29 is 9.59 Å². The number of nitrogens with one attached hydrogen (secondary N) is 1. The second-order valence-corrected chi connectivity index (χ2v) is 11.4. The lowest BCUT2D eigenvalue weighted by molar-refractivity contribution is -0.135. The van der Waals surface area contributed by atoms with Crippen LogP contribution in [0.15, 0.2) is 30.3 Å². The number of ketones is 1. The molecule has 0 spiro atoms. The van der Waals surface area contributed by atoms with Gasteiger partial charge in [0.15, 0.2) is 5.78 Å². The maximum Gasteiger partial charge on any atom is 0.225 e. The summed E-state index contributed by atoms with van der Waals surface area (Å²) in [4.78, 5) is 34.8. The van der Waals surface area contributed by atoms with Crippen LogP contribution in [0, 0.1) is 17.2 Å². The van der Waals surface area contributed by atoms with Crippen LogP contribution in [0.4, 0.5) is 5.69 Å². The molecule has 3 aliphatic rings. The van der Waals surface area contributed by atoms with Gasteiger partial charge < -0.3 is 14.8 Å². The molecule has 0 unspecified atom stereocenters. The highest BCUT2D eigenvalue weighted by Gasteiger charge is 2.41. The van der Waals surface area contributed by atoms with Crippen LogP contribution in [-0.4, -0.2) is 47.8 Å². The minimum Gasteiger partial charge on any atom is -0.368 e. The summed E-state index contributed by atoms with van der Waals surface area (Å²) in [6.07, 6.45) is 5.28. The van der Waals surface area contributed by atoms with Crippen LogP contribution in [0.5, 0.6) is 0 Å². The van der Waals surface area contributed by atoms with Crippen LogP contribution in [0.3, 0.4) is 0 Å². The fourth-order valence-electron chi connectivity index (χ4n) is 6.76. The van der Waals surface area contributed by atoms with E-state index < -0.39 is 5.41 Å². The van der Waals surface area contributed by atoms with Crippen molar-refractivity contribution >= 4 is 28.3 Å². The van der Waals surface area contributed by atoms with E-state index in [-0.39, 0.29) is 11.7 Å². The Morgan fingerprint density at radius 3 is 2.51 bits per heavy atom. The Kier molecular flexibility index (Phi) is 5.63. The zero-order valence-electron chi connectivity index (χ0n) is 22.0. The van der Waals surface area contributed by atoms with E-state index in [0.717, 1.165) is 78.7 Å². The molecular weight excluding hydrogens is 460 g/mol. The topological polar surface area (TPSA) is 80.2 Å². The zero-order chi connectivity index (χ0) is 25.9. The summed E-state index contributed by atoms with van der Waals surface area (Å²) in [5.41, 5.74) is 6.82. The first-order valence-electron chi connectivity index (χ1n) is 13.7. The predicted octanol–water partition coefficient (Wildman–Crippen LogP) is 5.31. The molecule has 1 saturated carbocycles. The molecule has 3 aromatic rings. The third kappa shape index (κ3) is 3.67. The Bertz CT molecular complexity index is 1460. The van der Waals surface area contributed by atoms with Crippen molar-refractivity contribution in [3.8, 4) is 6.07 Å². The number of benzene rings is 2. The first-order chi connectivity index (χ1) is 17.8. The highest BCUT2D eigenvalue weighted by atomic mass is 16.2. The maximum absolute atomic E-state index is 13.9. The Balaban J connectivity index is 1.35. The van der Waals surface area contributed by atoms with Crippen molar-refractivity contribution in [3.63, 3.8) is 0 Å². The molecule has 1 aromatic heterocycles. The van der Waals surface area contributed by atoms with Gasteiger partial charge >= 0.3 is 0 Å². The standard InChI is InChI=1S/C31H34N4O2/c1-4-20-16-23-24(17-26(20)34-11-13-35(14-12-34)30(37)21-7-5-6-8-21)31(2,3)29-27(28(23)36)22-10-9-19(18-32)15-25(22)33-29/h9-10,15-17,21,33H,4-8,11-14H2,1-3H3. The zero-order valence-corrected chi connectivity index (χ0v) is 22.0. The molecule has 1 aliphatic heterocycles. The summed E-state index contributed by atoms with van der Waals surface area (Å²) < 4.78 is 0. The van der Waals surface area contributed by atoms with Crippen molar-refractivity contribution in [2.75, 3.05) is 31.1 Å². The molecule has 2 fully saturated rings. The SMILES string of the molecule is CCc1cc2c(cc1N1CCN(C(=O)C3CCCC3)CC1)C(C)(C)c1[nH]c3cc(C#N)ccc3c1C2=O. The summed E-state index contributed by atoms with van der Waals surface area (Å²) in [5.74, 6) is 0.618. The number of hydrogen-bond acceptors (Lipinski definition) is 4. The van der Waals surface area contributed by atoms with E-state index in [1.165, 1.54) is 24.1 Å². The van der Waals surface area contributed by atoms with E-state index in [4.69, 9.17) is 0 Å². The average Bonchev–Trinajstić information content (AvgIpc) is 3.59. The third-order valence-corrected chi connectivity index (χ3v) is 8.93. The lowest BCUT2D eigenvalue weighted by atomic mass is 9.70. The second-order valence-electron chi connectivity index (χ2n) is 11.4. The number of aryl methyl sites for hydroxylation is 1. The molecule has 6 rings (SSSR count). The highest BCUT2D eigenvalue weighted by Crippen LogP contribution is 2.46. The number of rotatable bonds is 3. The summed E-state index contributed by atoms with van der Waals surface area (Å²) in [7, 11) is 0. The molecule has 0 bridgehead atoms. The number of aromatic amines is 1. The smallest absolute Gasteiger partial charge is 0.225 e. The number of carbonyl (C=O) groups excluding carboxylic acids is 2. The number of anilines is 1. The predicted molar refractivity (Wildman–Crippen MR) is 145 cm³/mol. The molecule has 1 amide bonds. The van der Waals surface area contributed by atoms with Crippen molar-refractivity contribution in [2.24, 2.45) is 5.92 Å². The van der Waals surface area contributed by atoms with Gasteiger partial charge in [-0.2, -0.15) is 5.26 Å².